The van der Waals surface area contributed by atoms with Crippen molar-refractivity contribution >= 4 is 17.5 Å². The molecule has 0 aromatic heterocycles. The zero-order valence-electron chi connectivity index (χ0n) is 9.45. The Bertz CT molecular complexity index is 355. The molecule has 1 aromatic rings. The lowest BCUT2D eigenvalue weighted by atomic mass is 10.2. The molecule has 1 amide bonds. The molecule has 0 aliphatic heterocycles. The molecule has 0 unspecified atom stereocenters. The van der Waals surface area contributed by atoms with Crippen molar-refractivity contribution < 1.29 is 4.79 Å². The normalized spacial score (nSPS) is 10.2. The van der Waals surface area contributed by atoms with Crippen LogP contribution in [0.2, 0.25) is 5.02 Å². The van der Waals surface area contributed by atoms with Crippen molar-refractivity contribution in [2.75, 3.05) is 13.1 Å². The van der Waals surface area contributed by atoms with Gasteiger partial charge in [-0.05, 0) is 18.1 Å². The Kier molecular flexibility index (Phi) is 5.29. The smallest absolute Gasteiger partial charge is 0.236 e. The van der Waals surface area contributed by atoms with Crippen LogP contribution in [0.25, 0.3) is 0 Å². The fourth-order valence-electron chi connectivity index (χ4n) is 1.52. The van der Waals surface area contributed by atoms with E-state index in [-0.39, 0.29) is 12.5 Å². The topological polar surface area (TPSA) is 46.3 Å². The van der Waals surface area contributed by atoms with E-state index in [1.807, 2.05) is 31.2 Å². The van der Waals surface area contributed by atoms with Crippen LogP contribution >= 0.6 is 11.6 Å². The van der Waals surface area contributed by atoms with Gasteiger partial charge in [-0.3, -0.25) is 4.79 Å². The summed E-state index contributed by atoms with van der Waals surface area (Å²) >= 11 is 6.05. The number of nitrogens with two attached hydrogens (primary N) is 1. The molecule has 0 saturated carbocycles. The molecule has 0 heterocycles. The minimum absolute atomic E-state index is 0.0400. The van der Waals surface area contributed by atoms with Crippen molar-refractivity contribution in [3.8, 4) is 0 Å². The van der Waals surface area contributed by atoms with Crippen LogP contribution in [0.4, 0.5) is 0 Å². The van der Waals surface area contributed by atoms with E-state index in [2.05, 4.69) is 0 Å². The van der Waals surface area contributed by atoms with Crippen LogP contribution < -0.4 is 5.73 Å². The fraction of sp³-hybridized carbons (Fsp3) is 0.417. The molecule has 3 nitrogen and oxygen atoms in total. The number of benzene rings is 1. The molecular weight excluding hydrogens is 224 g/mol. The molecule has 88 valence electrons. The second-order valence-corrected chi connectivity index (χ2v) is 4.02. The van der Waals surface area contributed by atoms with Gasteiger partial charge in [0.1, 0.15) is 0 Å². The first-order chi connectivity index (χ1) is 7.69. The first kappa shape index (κ1) is 13.0. The third-order valence-corrected chi connectivity index (χ3v) is 2.71. The summed E-state index contributed by atoms with van der Waals surface area (Å²) in [4.78, 5) is 13.3. The summed E-state index contributed by atoms with van der Waals surface area (Å²) in [5.74, 6) is -0.0400. The highest BCUT2D eigenvalue weighted by atomic mass is 35.5. The maximum Gasteiger partial charge on any atom is 0.236 e. The molecule has 1 rings (SSSR count). The molecule has 2 N–H and O–H groups in total. The molecule has 0 saturated heterocycles. The highest BCUT2D eigenvalue weighted by Crippen LogP contribution is 2.17. The van der Waals surface area contributed by atoms with Gasteiger partial charge in [-0.1, -0.05) is 36.7 Å². The molecule has 0 atom stereocenters. The largest absolute Gasteiger partial charge is 0.337 e. The lowest BCUT2D eigenvalue weighted by Crippen LogP contribution is -2.36. The molecule has 0 radical (unpaired) electrons. The highest BCUT2D eigenvalue weighted by molar-refractivity contribution is 6.31. The first-order valence-corrected chi connectivity index (χ1v) is 5.78. The number of hydrogen-bond donors (Lipinski definition) is 1. The van der Waals surface area contributed by atoms with Crippen LogP contribution in [-0.4, -0.2) is 23.9 Å². The van der Waals surface area contributed by atoms with Gasteiger partial charge >= 0.3 is 0 Å². The predicted octanol–water partition coefficient (Wildman–Crippen LogP) is 2.04. The summed E-state index contributed by atoms with van der Waals surface area (Å²) in [5.41, 5.74) is 6.33. The van der Waals surface area contributed by atoms with Crippen molar-refractivity contribution in [1.29, 1.82) is 0 Å². The van der Waals surface area contributed by atoms with Crippen molar-refractivity contribution in [2.45, 2.75) is 19.9 Å². The Morgan fingerprint density at radius 1 is 1.44 bits per heavy atom. The van der Waals surface area contributed by atoms with Gasteiger partial charge in [0.05, 0.1) is 6.54 Å². The standard InChI is InChI=1S/C12H17ClN2O/c1-2-7-15(12(16)8-14)9-10-5-3-4-6-11(10)13/h3-6H,2,7-9,14H2,1H3. The lowest BCUT2D eigenvalue weighted by Gasteiger charge is -2.22. The van der Waals surface area contributed by atoms with E-state index in [1.54, 1.807) is 4.90 Å². The average Bonchev–Trinajstić information content (AvgIpc) is 2.30. The molecule has 4 heteroatoms. The lowest BCUT2D eigenvalue weighted by molar-refractivity contribution is -0.130. The molecule has 0 aliphatic carbocycles. The maximum atomic E-state index is 11.6. The maximum absolute atomic E-state index is 11.6. The molecule has 0 aliphatic rings. The van der Waals surface area contributed by atoms with Crippen molar-refractivity contribution in [1.82, 2.24) is 4.90 Å². The van der Waals surface area contributed by atoms with Crippen LogP contribution in [-0.2, 0) is 11.3 Å². The number of amides is 1. The van der Waals surface area contributed by atoms with Crippen LogP contribution in [0, 0.1) is 0 Å². The summed E-state index contributed by atoms with van der Waals surface area (Å²) in [5, 5.41) is 0.688. The van der Waals surface area contributed by atoms with Gasteiger partial charge in [0.25, 0.3) is 0 Å². The zero-order valence-corrected chi connectivity index (χ0v) is 10.2. The van der Waals surface area contributed by atoms with E-state index < -0.39 is 0 Å². The second-order valence-electron chi connectivity index (χ2n) is 3.61. The molecule has 1 aromatic carbocycles. The predicted molar refractivity (Wildman–Crippen MR) is 66.2 cm³/mol. The van der Waals surface area contributed by atoms with Gasteiger partial charge in [0.2, 0.25) is 5.91 Å². The Labute approximate surface area is 101 Å². The van der Waals surface area contributed by atoms with Gasteiger partial charge in [-0.25, -0.2) is 0 Å². The highest BCUT2D eigenvalue weighted by Gasteiger charge is 2.12. The summed E-state index contributed by atoms with van der Waals surface area (Å²) in [6.07, 6.45) is 0.913. The molecule has 0 fully saturated rings. The van der Waals surface area contributed by atoms with Gasteiger partial charge in [0, 0.05) is 18.1 Å². The van der Waals surface area contributed by atoms with E-state index in [9.17, 15) is 4.79 Å². The Morgan fingerprint density at radius 2 is 2.12 bits per heavy atom. The van der Waals surface area contributed by atoms with Crippen molar-refractivity contribution in [3.05, 3.63) is 34.9 Å². The van der Waals surface area contributed by atoms with Gasteiger partial charge in [0.15, 0.2) is 0 Å². The minimum atomic E-state index is -0.0400. The SMILES string of the molecule is CCCN(Cc1ccccc1Cl)C(=O)CN. The Balaban J connectivity index is 2.75. The monoisotopic (exact) mass is 240 g/mol. The number of rotatable bonds is 5. The van der Waals surface area contributed by atoms with Gasteiger partial charge < -0.3 is 10.6 Å². The third kappa shape index (κ3) is 3.51. The number of carbonyl (C=O) groups is 1. The number of halogens is 1. The van der Waals surface area contributed by atoms with E-state index in [0.29, 0.717) is 18.1 Å². The van der Waals surface area contributed by atoms with E-state index in [4.69, 9.17) is 17.3 Å². The number of nitrogens with zero attached hydrogens (tertiary/aromatic N) is 1. The van der Waals surface area contributed by atoms with Gasteiger partial charge in [-0.15, -0.1) is 0 Å². The minimum Gasteiger partial charge on any atom is -0.337 e. The van der Waals surface area contributed by atoms with Crippen molar-refractivity contribution in [3.63, 3.8) is 0 Å². The van der Waals surface area contributed by atoms with E-state index in [0.717, 1.165) is 12.0 Å². The van der Waals surface area contributed by atoms with Crippen LogP contribution in [0.5, 0.6) is 0 Å². The quantitative estimate of drug-likeness (QED) is 0.856. The Morgan fingerprint density at radius 3 is 2.69 bits per heavy atom. The van der Waals surface area contributed by atoms with Crippen LogP contribution in [0.1, 0.15) is 18.9 Å². The third-order valence-electron chi connectivity index (χ3n) is 2.34. The zero-order chi connectivity index (χ0) is 12.0. The molecule has 0 spiro atoms. The molecular formula is C12H17ClN2O. The average molecular weight is 241 g/mol. The summed E-state index contributed by atoms with van der Waals surface area (Å²) in [7, 11) is 0. The second kappa shape index (κ2) is 6.51. The van der Waals surface area contributed by atoms with Crippen LogP contribution in [0.15, 0.2) is 24.3 Å². The Hall–Kier alpha value is -1.06. The molecule has 16 heavy (non-hydrogen) atoms. The number of hydrogen-bond acceptors (Lipinski definition) is 2. The first-order valence-electron chi connectivity index (χ1n) is 5.40. The molecule has 0 bridgehead atoms. The number of carbonyl (C=O) groups excluding carboxylic acids is 1. The van der Waals surface area contributed by atoms with Crippen molar-refractivity contribution in [2.24, 2.45) is 5.73 Å². The fourth-order valence-corrected chi connectivity index (χ4v) is 1.72. The summed E-state index contributed by atoms with van der Waals surface area (Å²) in [6, 6.07) is 7.54. The summed E-state index contributed by atoms with van der Waals surface area (Å²) < 4.78 is 0. The van der Waals surface area contributed by atoms with Gasteiger partial charge in [-0.2, -0.15) is 0 Å². The van der Waals surface area contributed by atoms with E-state index in [1.165, 1.54) is 0 Å². The van der Waals surface area contributed by atoms with E-state index >= 15 is 0 Å². The van der Waals surface area contributed by atoms with Crippen LogP contribution in [0.3, 0.4) is 0 Å². The summed E-state index contributed by atoms with van der Waals surface area (Å²) in [6.45, 7) is 3.32.